The van der Waals surface area contributed by atoms with Gasteiger partial charge in [-0.05, 0) is 44.7 Å². The van der Waals surface area contributed by atoms with Crippen LogP contribution in [0.3, 0.4) is 0 Å². The molecule has 3 unspecified atom stereocenters. The first-order valence-corrected chi connectivity index (χ1v) is 8.86. The third kappa shape index (κ3) is 3.31. The Hall–Kier alpha value is -1.88. The fourth-order valence-electron chi connectivity index (χ4n) is 4.20. The van der Waals surface area contributed by atoms with E-state index in [4.69, 9.17) is 5.73 Å². The van der Waals surface area contributed by atoms with Gasteiger partial charge in [0.05, 0.1) is 0 Å². The van der Waals surface area contributed by atoms with Crippen LogP contribution >= 0.6 is 0 Å². The van der Waals surface area contributed by atoms with Crippen LogP contribution in [0, 0.1) is 0 Å². The van der Waals surface area contributed by atoms with E-state index >= 15 is 0 Å². The van der Waals surface area contributed by atoms with Crippen molar-refractivity contribution in [3.05, 3.63) is 35.9 Å². The van der Waals surface area contributed by atoms with Crippen molar-refractivity contribution in [3.8, 4) is 0 Å². The van der Waals surface area contributed by atoms with Crippen molar-refractivity contribution in [3.63, 3.8) is 0 Å². The van der Waals surface area contributed by atoms with Crippen molar-refractivity contribution in [1.29, 1.82) is 0 Å². The molecule has 2 amide bonds. The number of rotatable bonds is 4. The molecule has 0 aliphatic carbocycles. The Morgan fingerprint density at radius 3 is 2.33 bits per heavy atom. The number of hydrogen-bond donors (Lipinski definition) is 1. The minimum atomic E-state index is -0.100. The largest absolute Gasteiger partial charge is 0.339 e. The maximum absolute atomic E-state index is 12.7. The van der Waals surface area contributed by atoms with Crippen LogP contribution in [0.15, 0.2) is 30.3 Å². The molecule has 0 aromatic heterocycles. The fourth-order valence-corrected chi connectivity index (χ4v) is 4.20. The lowest BCUT2D eigenvalue weighted by atomic mass is 9.95. The normalized spacial score (nSPS) is 27.0. The van der Waals surface area contributed by atoms with E-state index in [0.717, 1.165) is 31.2 Å². The van der Waals surface area contributed by atoms with Crippen molar-refractivity contribution in [2.75, 3.05) is 7.05 Å². The highest BCUT2D eigenvalue weighted by molar-refractivity contribution is 5.94. The summed E-state index contributed by atoms with van der Waals surface area (Å²) in [6, 6.07) is 10.0. The van der Waals surface area contributed by atoms with Crippen LogP contribution in [0.25, 0.3) is 0 Å². The van der Waals surface area contributed by atoms with Crippen LogP contribution in [0.4, 0.5) is 0 Å². The number of amides is 2. The van der Waals surface area contributed by atoms with Gasteiger partial charge in [0.2, 0.25) is 5.91 Å². The van der Waals surface area contributed by atoms with Crippen molar-refractivity contribution in [2.24, 2.45) is 5.73 Å². The van der Waals surface area contributed by atoms with Crippen LogP contribution in [0.1, 0.15) is 49.4 Å². The zero-order valence-electron chi connectivity index (χ0n) is 14.5. The molecule has 3 rings (SSSR count). The average Bonchev–Trinajstić information content (AvgIpc) is 2.84. The molecule has 2 saturated heterocycles. The summed E-state index contributed by atoms with van der Waals surface area (Å²) in [4.78, 5) is 29.1. The van der Waals surface area contributed by atoms with E-state index in [1.165, 1.54) is 0 Å². The summed E-state index contributed by atoms with van der Waals surface area (Å²) in [5, 5.41) is 0. The number of carbonyl (C=O) groups excluding carboxylic acids is 2. The van der Waals surface area contributed by atoms with Crippen LogP contribution in [0.2, 0.25) is 0 Å². The van der Waals surface area contributed by atoms with Gasteiger partial charge in [-0.15, -0.1) is 0 Å². The summed E-state index contributed by atoms with van der Waals surface area (Å²) in [5.41, 5.74) is 6.52. The second-order valence-corrected chi connectivity index (χ2v) is 7.27. The van der Waals surface area contributed by atoms with Crippen molar-refractivity contribution in [2.45, 2.75) is 63.2 Å². The maximum Gasteiger partial charge on any atom is 0.253 e. The summed E-state index contributed by atoms with van der Waals surface area (Å²) in [6.45, 7) is 1.87. The van der Waals surface area contributed by atoms with Gasteiger partial charge in [0.1, 0.15) is 0 Å². The first-order chi connectivity index (χ1) is 11.5. The zero-order chi connectivity index (χ0) is 17.3. The topological polar surface area (TPSA) is 66.6 Å². The van der Waals surface area contributed by atoms with Gasteiger partial charge in [-0.25, -0.2) is 0 Å². The van der Waals surface area contributed by atoms with Crippen molar-refractivity contribution >= 4 is 11.8 Å². The quantitative estimate of drug-likeness (QED) is 0.919. The first-order valence-electron chi connectivity index (χ1n) is 8.86. The van der Waals surface area contributed by atoms with Gasteiger partial charge in [-0.2, -0.15) is 0 Å². The summed E-state index contributed by atoms with van der Waals surface area (Å²) >= 11 is 0. The zero-order valence-corrected chi connectivity index (χ0v) is 14.5. The number of nitrogens with zero attached hydrogens (tertiary/aromatic N) is 2. The molecule has 5 nitrogen and oxygen atoms in total. The van der Waals surface area contributed by atoms with Crippen molar-refractivity contribution in [1.82, 2.24) is 9.80 Å². The standard InChI is InChI=1S/C19H27N3O2/c1-13(20)10-18(23)22-15-8-9-16(22)12-17(11-15)21(2)19(24)14-6-4-3-5-7-14/h3-7,13,15-17H,8-12,20H2,1-2H3. The SMILES string of the molecule is CC(N)CC(=O)N1C2CCC1CC(N(C)C(=O)c1ccccc1)C2. The Kier molecular flexibility index (Phi) is 4.90. The van der Waals surface area contributed by atoms with Crippen LogP contribution in [-0.2, 0) is 4.79 Å². The minimum absolute atomic E-state index is 0.0651. The van der Waals surface area contributed by atoms with Gasteiger partial charge in [-0.1, -0.05) is 18.2 Å². The number of piperidine rings is 1. The number of carbonyl (C=O) groups is 2. The lowest BCUT2D eigenvalue weighted by molar-refractivity contribution is -0.136. The highest BCUT2D eigenvalue weighted by atomic mass is 16.2. The van der Waals surface area contributed by atoms with E-state index < -0.39 is 0 Å². The predicted molar refractivity (Wildman–Crippen MR) is 93.5 cm³/mol. The molecule has 2 aliphatic heterocycles. The molecule has 24 heavy (non-hydrogen) atoms. The number of benzene rings is 1. The maximum atomic E-state index is 12.7. The van der Waals surface area contributed by atoms with E-state index in [9.17, 15) is 9.59 Å². The molecule has 0 spiro atoms. The highest BCUT2D eigenvalue weighted by Crippen LogP contribution is 2.38. The van der Waals surface area contributed by atoms with E-state index in [1.807, 2.05) is 49.2 Å². The summed E-state index contributed by atoms with van der Waals surface area (Å²) in [5.74, 6) is 0.239. The third-order valence-electron chi connectivity index (χ3n) is 5.38. The summed E-state index contributed by atoms with van der Waals surface area (Å²) < 4.78 is 0. The minimum Gasteiger partial charge on any atom is -0.339 e. The second-order valence-electron chi connectivity index (χ2n) is 7.27. The van der Waals surface area contributed by atoms with Gasteiger partial charge in [0, 0.05) is 43.2 Å². The smallest absolute Gasteiger partial charge is 0.253 e. The number of fused-ring (bicyclic) bond motifs is 2. The summed E-state index contributed by atoms with van der Waals surface area (Å²) in [6.07, 6.45) is 4.24. The highest BCUT2D eigenvalue weighted by Gasteiger charge is 2.44. The van der Waals surface area contributed by atoms with Crippen molar-refractivity contribution < 1.29 is 9.59 Å². The Balaban J connectivity index is 1.67. The van der Waals surface area contributed by atoms with E-state index in [1.54, 1.807) is 0 Å². The number of hydrogen-bond acceptors (Lipinski definition) is 3. The lowest BCUT2D eigenvalue weighted by Crippen LogP contribution is -2.53. The van der Waals surface area contributed by atoms with Gasteiger partial charge in [0.15, 0.2) is 0 Å². The Morgan fingerprint density at radius 2 is 1.79 bits per heavy atom. The average molecular weight is 329 g/mol. The van der Waals surface area contributed by atoms with Crippen LogP contribution < -0.4 is 5.73 Å². The van der Waals surface area contributed by atoms with Gasteiger partial charge < -0.3 is 15.5 Å². The second kappa shape index (κ2) is 6.93. The molecule has 130 valence electrons. The summed E-state index contributed by atoms with van der Waals surface area (Å²) in [7, 11) is 1.89. The fraction of sp³-hybridized carbons (Fsp3) is 0.579. The van der Waals surface area contributed by atoms with E-state index in [-0.39, 0.29) is 36.0 Å². The molecule has 2 aliphatic rings. The van der Waals surface area contributed by atoms with Gasteiger partial charge >= 0.3 is 0 Å². The Bertz CT molecular complexity index is 588. The lowest BCUT2D eigenvalue weighted by Gasteiger charge is -2.42. The van der Waals surface area contributed by atoms with Crippen LogP contribution in [0.5, 0.6) is 0 Å². The molecule has 2 bridgehead atoms. The molecule has 2 fully saturated rings. The monoisotopic (exact) mass is 329 g/mol. The first kappa shape index (κ1) is 17.0. The Morgan fingerprint density at radius 1 is 1.21 bits per heavy atom. The molecule has 5 heteroatoms. The van der Waals surface area contributed by atoms with Gasteiger partial charge in [0.25, 0.3) is 5.91 Å². The van der Waals surface area contributed by atoms with E-state index in [0.29, 0.717) is 6.42 Å². The molecular formula is C19H27N3O2. The number of nitrogens with two attached hydrogens (primary N) is 1. The molecule has 0 saturated carbocycles. The van der Waals surface area contributed by atoms with E-state index in [2.05, 4.69) is 4.90 Å². The predicted octanol–water partition coefficient (Wildman–Crippen LogP) is 2.02. The third-order valence-corrected chi connectivity index (χ3v) is 5.38. The molecule has 2 N–H and O–H groups in total. The molecule has 2 heterocycles. The molecule has 3 atom stereocenters. The van der Waals surface area contributed by atoms with Crippen LogP contribution in [-0.4, -0.2) is 52.8 Å². The van der Waals surface area contributed by atoms with Gasteiger partial charge in [-0.3, -0.25) is 9.59 Å². The Labute approximate surface area is 143 Å². The molecular weight excluding hydrogens is 302 g/mol. The molecule has 0 radical (unpaired) electrons. The molecule has 1 aromatic rings. The molecule has 1 aromatic carbocycles.